The Balaban J connectivity index is 1.01. The van der Waals surface area contributed by atoms with E-state index in [0.29, 0.717) is 22.3 Å². The lowest BCUT2D eigenvalue weighted by molar-refractivity contribution is -0.148. The molecule has 0 amide bonds. The van der Waals surface area contributed by atoms with E-state index in [1.54, 1.807) is 24.3 Å². The highest BCUT2D eigenvalue weighted by molar-refractivity contribution is 6.11. The maximum absolute atomic E-state index is 13.5. The topological polar surface area (TPSA) is 86.7 Å². The van der Waals surface area contributed by atoms with Crippen molar-refractivity contribution in [3.63, 3.8) is 0 Å². The summed E-state index contributed by atoms with van der Waals surface area (Å²) in [6, 6.07) is 40.4. The molecule has 0 saturated carbocycles. The third-order valence-corrected chi connectivity index (χ3v) is 8.96. The van der Waals surface area contributed by atoms with Gasteiger partial charge in [0.25, 0.3) is 0 Å². The predicted octanol–water partition coefficient (Wildman–Crippen LogP) is 7.30. The number of fused-ring (bicyclic) bond motifs is 2. The summed E-state index contributed by atoms with van der Waals surface area (Å²) < 4.78 is 11.5. The van der Waals surface area contributed by atoms with Crippen molar-refractivity contribution < 1.29 is 28.7 Å². The van der Waals surface area contributed by atoms with E-state index in [4.69, 9.17) is 9.47 Å². The van der Waals surface area contributed by atoms with Crippen LogP contribution in [0.15, 0.2) is 133 Å². The van der Waals surface area contributed by atoms with Crippen molar-refractivity contribution in [3.05, 3.63) is 178 Å². The van der Waals surface area contributed by atoms with E-state index in [0.717, 1.165) is 22.3 Å². The minimum atomic E-state index is -0.725. The SMILES string of the molecule is O=C1c2ccccc2C(C(=O)OCc2ccc(COC(=O)C3c4ccccc4C(=O)C3c3ccccc3)cc2)C1c1ccccc1. The second-order valence-electron chi connectivity index (χ2n) is 11.7. The first kappa shape index (κ1) is 29.1. The summed E-state index contributed by atoms with van der Waals surface area (Å²) in [6.45, 7) is 0.0694. The van der Waals surface area contributed by atoms with Crippen LogP contribution in [0.5, 0.6) is 0 Å². The third kappa shape index (κ3) is 5.32. The van der Waals surface area contributed by atoms with Gasteiger partial charge in [-0.15, -0.1) is 0 Å². The van der Waals surface area contributed by atoms with Gasteiger partial charge in [0, 0.05) is 11.1 Å². The minimum Gasteiger partial charge on any atom is -0.460 e. The fourth-order valence-corrected chi connectivity index (χ4v) is 6.74. The minimum absolute atomic E-state index is 0.0347. The highest BCUT2D eigenvalue weighted by atomic mass is 16.5. The molecular weight excluding hydrogens is 576 g/mol. The van der Waals surface area contributed by atoms with Gasteiger partial charge in [-0.2, -0.15) is 0 Å². The number of rotatable bonds is 8. The molecule has 6 nitrogen and oxygen atoms in total. The molecule has 46 heavy (non-hydrogen) atoms. The maximum Gasteiger partial charge on any atom is 0.314 e. The van der Waals surface area contributed by atoms with E-state index in [9.17, 15) is 19.2 Å². The molecule has 0 bridgehead atoms. The van der Waals surface area contributed by atoms with E-state index >= 15 is 0 Å². The smallest absolute Gasteiger partial charge is 0.314 e. The molecule has 2 aliphatic rings. The van der Waals surface area contributed by atoms with Crippen molar-refractivity contribution in [2.45, 2.75) is 36.9 Å². The van der Waals surface area contributed by atoms with Crippen LogP contribution >= 0.6 is 0 Å². The van der Waals surface area contributed by atoms with E-state index in [1.165, 1.54) is 0 Å². The first-order chi connectivity index (χ1) is 22.5. The molecule has 5 aromatic carbocycles. The second-order valence-corrected chi connectivity index (χ2v) is 11.7. The first-order valence-electron chi connectivity index (χ1n) is 15.3. The molecule has 4 atom stereocenters. The number of carbonyl (C=O) groups excluding carboxylic acids is 4. The zero-order valence-corrected chi connectivity index (χ0v) is 24.9. The van der Waals surface area contributed by atoms with Gasteiger partial charge in [-0.25, -0.2) is 0 Å². The monoisotopic (exact) mass is 606 g/mol. The third-order valence-electron chi connectivity index (χ3n) is 8.96. The van der Waals surface area contributed by atoms with Crippen molar-refractivity contribution in [3.8, 4) is 0 Å². The molecule has 0 saturated heterocycles. The normalized spacial score (nSPS) is 19.7. The summed E-state index contributed by atoms with van der Waals surface area (Å²) in [6.07, 6.45) is 0. The number of ketones is 2. The van der Waals surface area contributed by atoms with Crippen LogP contribution in [-0.2, 0) is 32.3 Å². The zero-order valence-electron chi connectivity index (χ0n) is 24.9. The van der Waals surface area contributed by atoms with Gasteiger partial charge in [0.2, 0.25) is 0 Å². The fourth-order valence-electron chi connectivity index (χ4n) is 6.74. The molecule has 5 aromatic rings. The molecule has 0 fully saturated rings. The summed E-state index contributed by atoms with van der Waals surface area (Å²) in [4.78, 5) is 53.6. The van der Waals surface area contributed by atoms with Gasteiger partial charge in [0.05, 0.1) is 23.7 Å². The van der Waals surface area contributed by atoms with Crippen LogP contribution in [0.25, 0.3) is 0 Å². The number of hydrogen-bond acceptors (Lipinski definition) is 6. The number of ether oxygens (including phenoxy) is 2. The Morgan fingerprint density at radius 2 is 0.804 bits per heavy atom. The molecule has 0 radical (unpaired) electrons. The molecule has 0 aromatic heterocycles. The fraction of sp³-hybridized carbons (Fsp3) is 0.150. The van der Waals surface area contributed by atoms with Crippen LogP contribution in [0.1, 0.15) is 77.8 Å². The Labute approximate surface area is 266 Å². The van der Waals surface area contributed by atoms with Gasteiger partial charge in [-0.3, -0.25) is 19.2 Å². The van der Waals surface area contributed by atoms with Crippen molar-refractivity contribution in [2.75, 3.05) is 0 Å². The van der Waals surface area contributed by atoms with Crippen LogP contribution in [0.2, 0.25) is 0 Å². The molecule has 0 aliphatic heterocycles. The lowest BCUT2D eigenvalue weighted by atomic mass is 9.86. The van der Waals surface area contributed by atoms with Crippen molar-refractivity contribution >= 4 is 23.5 Å². The number of carbonyl (C=O) groups is 4. The van der Waals surface area contributed by atoms with E-state index in [1.807, 2.05) is 109 Å². The van der Waals surface area contributed by atoms with Crippen LogP contribution in [0.3, 0.4) is 0 Å². The van der Waals surface area contributed by atoms with Gasteiger partial charge in [0.15, 0.2) is 11.6 Å². The Bertz CT molecular complexity index is 1790. The van der Waals surface area contributed by atoms with Crippen LogP contribution in [0.4, 0.5) is 0 Å². The molecular formula is C40H30O6. The quantitative estimate of drug-likeness (QED) is 0.172. The van der Waals surface area contributed by atoms with Gasteiger partial charge < -0.3 is 9.47 Å². The van der Waals surface area contributed by atoms with Gasteiger partial charge >= 0.3 is 11.9 Å². The number of benzene rings is 5. The summed E-state index contributed by atoms with van der Waals surface area (Å²) in [5, 5.41) is 0. The van der Waals surface area contributed by atoms with Crippen LogP contribution in [-0.4, -0.2) is 23.5 Å². The largest absolute Gasteiger partial charge is 0.460 e. The summed E-state index contributed by atoms with van der Waals surface area (Å²) >= 11 is 0. The number of hydrogen-bond donors (Lipinski definition) is 0. The van der Waals surface area contributed by atoms with Gasteiger partial charge in [0.1, 0.15) is 13.2 Å². The van der Waals surface area contributed by atoms with Crippen molar-refractivity contribution in [1.82, 2.24) is 0 Å². The summed E-state index contributed by atoms with van der Waals surface area (Å²) in [7, 11) is 0. The molecule has 4 unspecified atom stereocenters. The highest BCUT2D eigenvalue weighted by Crippen LogP contribution is 2.46. The Morgan fingerprint density at radius 1 is 0.457 bits per heavy atom. The molecule has 226 valence electrons. The zero-order chi connectivity index (χ0) is 31.6. The molecule has 7 rings (SSSR count). The van der Waals surface area contributed by atoms with Crippen LogP contribution < -0.4 is 0 Å². The molecule has 0 spiro atoms. The number of esters is 2. The maximum atomic E-state index is 13.5. The summed E-state index contributed by atoms with van der Waals surface area (Å²) in [5.41, 5.74) is 5.56. The predicted molar refractivity (Wildman–Crippen MR) is 171 cm³/mol. The highest BCUT2D eigenvalue weighted by Gasteiger charge is 2.46. The average Bonchev–Trinajstić information content (AvgIpc) is 3.58. The Hall–Kier alpha value is -5.62. The van der Waals surface area contributed by atoms with E-state index < -0.39 is 35.6 Å². The number of Topliss-reactive ketones (excluding diaryl/α,β-unsaturated/α-hetero) is 2. The second kappa shape index (κ2) is 12.4. The Morgan fingerprint density at radius 3 is 1.20 bits per heavy atom. The van der Waals surface area contributed by atoms with Gasteiger partial charge in [-0.1, -0.05) is 133 Å². The van der Waals surface area contributed by atoms with E-state index in [-0.39, 0.29) is 24.8 Å². The Kier molecular flexibility index (Phi) is 7.85. The van der Waals surface area contributed by atoms with Crippen molar-refractivity contribution in [2.24, 2.45) is 0 Å². The molecule has 0 N–H and O–H groups in total. The van der Waals surface area contributed by atoms with E-state index in [2.05, 4.69) is 0 Å². The van der Waals surface area contributed by atoms with Crippen LogP contribution in [0, 0.1) is 0 Å². The molecule has 0 heterocycles. The first-order valence-corrected chi connectivity index (χ1v) is 15.3. The lowest BCUT2D eigenvalue weighted by Crippen LogP contribution is -2.22. The molecule has 6 heteroatoms. The lowest BCUT2D eigenvalue weighted by Gasteiger charge is -2.19. The average molecular weight is 607 g/mol. The van der Waals surface area contributed by atoms with Gasteiger partial charge in [-0.05, 0) is 33.4 Å². The standard InChI is InChI=1S/C40H30O6/c41-37-31-17-9-7-15-29(31)35(33(37)27-11-3-1-4-12-27)39(43)45-23-25-19-21-26(22-20-25)24-46-40(44)36-30-16-8-10-18-32(30)38(42)34(36)28-13-5-2-6-14-28/h1-22,33-36H,23-24H2. The van der Waals surface area contributed by atoms with Crippen molar-refractivity contribution in [1.29, 1.82) is 0 Å². The molecule has 2 aliphatic carbocycles. The summed E-state index contributed by atoms with van der Waals surface area (Å²) in [5.74, 6) is -3.78.